The SMILES string of the molecule is Cc1cn2cc(NC(=O)c3ccc(N4CCC(N(C)C)CC4)c4cn(C)nc34)cc(F)c2n1. The van der Waals surface area contributed by atoms with Crippen LogP contribution < -0.4 is 10.2 Å². The van der Waals surface area contributed by atoms with Gasteiger partial charge in [-0.05, 0) is 46.0 Å². The van der Waals surface area contributed by atoms with Gasteiger partial charge in [-0.1, -0.05) is 0 Å². The average molecular weight is 450 g/mol. The number of nitrogens with zero attached hydrogens (tertiary/aromatic N) is 6. The van der Waals surface area contributed by atoms with Gasteiger partial charge in [0.1, 0.15) is 5.52 Å². The predicted molar refractivity (Wildman–Crippen MR) is 127 cm³/mol. The minimum absolute atomic E-state index is 0.236. The Labute approximate surface area is 191 Å². The molecule has 1 amide bonds. The highest BCUT2D eigenvalue weighted by Crippen LogP contribution is 2.31. The molecule has 5 rings (SSSR count). The third-order valence-electron chi connectivity index (χ3n) is 6.43. The standard InChI is InChI=1S/C24H28FN7O/c1-15-12-32-13-16(11-20(25)23(32)26-15)27-24(33)18-5-6-21(19-14-30(4)28-22(18)19)31-9-7-17(8-10-31)29(2)3/h5-6,11-14,17H,7-10H2,1-4H3,(H,27,33). The number of aryl methyl sites for hydroxylation is 2. The molecule has 1 aliphatic heterocycles. The fraction of sp³-hybridized carbons (Fsp3) is 0.375. The van der Waals surface area contributed by atoms with Crippen LogP contribution in [-0.4, -0.2) is 63.2 Å². The summed E-state index contributed by atoms with van der Waals surface area (Å²) in [6, 6.07) is 5.69. The number of fused-ring (bicyclic) bond motifs is 2. The molecule has 1 fully saturated rings. The first kappa shape index (κ1) is 21.4. The molecular formula is C24H28FN7O. The number of anilines is 2. The summed E-state index contributed by atoms with van der Waals surface area (Å²) in [5.41, 5.74) is 3.49. The molecule has 172 valence electrons. The molecule has 0 bridgehead atoms. The highest BCUT2D eigenvalue weighted by atomic mass is 19.1. The van der Waals surface area contributed by atoms with Crippen molar-refractivity contribution in [2.75, 3.05) is 37.4 Å². The maximum absolute atomic E-state index is 14.4. The highest BCUT2D eigenvalue weighted by Gasteiger charge is 2.24. The van der Waals surface area contributed by atoms with E-state index in [0.717, 1.165) is 37.0 Å². The Bertz CT molecular complexity index is 1350. The maximum atomic E-state index is 14.4. The molecule has 0 unspecified atom stereocenters. The van der Waals surface area contributed by atoms with Gasteiger partial charge in [-0.25, -0.2) is 9.37 Å². The number of carbonyl (C=O) groups excluding carboxylic acids is 1. The minimum atomic E-state index is -0.486. The van der Waals surface area contributed by atoms with E-state index in [2.05, 4.69) is 39.3 Å². The van der Waals surface area contributed by atoms with E-state index in [0.29, 0.717) is 28.5 Å². The van der Waals surface area contributed by atoms with Gasteiger partial charge in [0.25, 0.3) is 5.91 Å². The van der Waals surface area contributed by atoms with Crippen LogP contribution in [0, 0.1) is 12.7 Å². The molecule has 8 nitrogen and oxygen atoms in total. The first-order valence-corrected chi connectivity index (χ1v) is 11.1. The number of imidazole rings is 1. The molecule has 0 atom stereocenters. The number of rotatable bonds is 4. The molecule has 33 heavy (non-hydrogen) atoms. The van der Waals surface area contributed by atoms with E-state index in [1.165, 1.54) is 6.07 Å². The fourth-order valence-corrected chi connectivity index (χ4v) is 4.73. The van der Waals surface area contributed by atoms with E-state index >= 15 is 0 Å². The molecule has 4 heterocycles. The van der Waals surface area contributed by atoms with Crippen molar-refractivity contribution in [2.24, 2.45) is 7.05 Å². The summed E-state index contributed by atoms with van der Waals surface area (Å²) >= 11 is 0. The molecule has 0 spiro atoms. The number of hydrogen-bond acceptors (Lipinski definition) is 5. The predicted octanol–water partition coefficient (Wildman–Crippen LogP) is 3.45. The van der Waals surface area contributed by atoms with Crippen LogP contribution in [0.15, 0.2) is 36.8 Å². The Balaban J connectivity index is 1.44. The second-order valence-electron chi connectivity index (χ2n) is 9.02. The number of amides is 1. The van der Waals surface area contributed by atoms with Crippen LogP contribution in [0.25, 0.3) is 16.6 Å². The van der Waals surface area contributed by atoms with E-state index in [1.807, 2.05) is 25.4 Å². The number of aromatic nitrogens is 4. The van der Waals surface area contributed by atoms with E-state index in [1.54, 1.807) is 28.4 Å². The Morgan fingerprint density at radius 3 is 2.67 bits per heavy atom. The lowest BCUT2D eigenvalue weighted by Crippen LogP contribution is -2.42. The quantitative estimate of drug-likeness (QED) is 0.517. The fourth-order valence-electron chi connectivity index (χ4n) is 4.73. The number of benzene rings is 1. The molecular weight excluding hydrogens is 421 g/mol. The normalized spacial score (nSPS) is 15.2. The topological polar surface area (TPSA) is 70.7 Å². The Morgan fingerprint density at radius 2 is 1.94 bits per heavy atom. The maximum Gasteiger partial charge on any atom is 0.257 e. The number of hydrogen-bond donors (Lipinski definition) is 1. The van der Waals surface area contributed by atoms with Crippen LogP contribution in [-0.2, 0) is 7.05 Å². The van der Waals surface area contributed by atoms with Gasteiger partial charge in [0.2, 0.25) is 0 Å². The van der Waals surface area contributed by atoms with Crippen LogP contribution in [0.3, 0.4) is 0 Å². The molecule has 1 aromatic carbocycles. The van der Waals surface area contributed by atoms with Crippen LogP contribution in [0.1, 0.15) is 28.9 Å². The van der Waals surface area contributed by atoms with Gasteiger partial charge in [0.05, 0.1) is 16.9 Å². The van der Waals surface area contributed by atoms with E-state index in [4.69, 9.17) is 0 Å². The monoisotopic (exact) mass is 449 g/mol. The number of halogens is 1. The van der Waals surface area contributed by atoms with Crippen molar-refractivity contribution in [1.82, 2.24) is 24.1 Å². The second kappa shape index (κ2) is 8.15. The van der Waals surface area contributed by atoms with Gasteiger partial charge in [-0.15, -0.1) is 0 Å². The van der Waals surface area contributed by atoms with Crippen LogP contribution in [0.2, 0.25) is 0 Å². The Kier molecular flexibility index (Phi) is 5.28. The molecule has 1 aliphatic rings. The molecule has 1 N–H and O–H groups in total. The molecule has 0 radical (unpaired) electrons. The van der Waals surface area contributed by atoms with Crippen LogP contribution >= 0.6 is 0 Å². The smallest absolute Gasteiger partial charge is 0.257 e. The largest absolute Gasteiger partial charge is 0.371 e. The van der Waals surface area contributed by atoms with Crippen LogP contribution in [0.5, 0.6) is 0 Å². The van der Waals surface area contributed by atoms with E-state index < -0.39 is 5.82 Å². The Morgan fingerprint density at radius 1 is 1.18 bits per heavy atom. The lowest BCUT2D eigenvalue weighted by molar-refractivity contribution is 0.102. The highest BCUT2D eigenvalue weighted by molar-refractivity contribution is 6.13. The molecule has 3 aromatic heterocycles. The van der Waals surface area contributed by atoms with Crippen molar-refractivity contribution in [3.05, 3.63) is 53.9 Å². The Hall–Kier alpha value is -3.46. The third-order valence-corrected chi connectivity index (χ3v) is 6.43. The van der Waals surface area contributed by atoms with Crippen molar-refractivity contribution in [3.8, 4) is 0 Å². The molecule has 1 saturated heterocycles. The third kappa shape index (κ3) is 3.93. The van der Waals surface area contributed by atoms with Crippen molar-refractivity contribution >= 4 is 33.8 Å². The van der Waals surface area contributed by atoms with Crippen molar-refractivity contribution in [3.63, 3.8) is 0 Å². The first-order chi connectivity index (χ1) is 15.8. The summed E-state index contributed by atoms with van der Waals surface area (Å²) in [4.78, 5) is 22.0. The molecule has 0 saturated carbocycles. The number of piperidine rings is 1. The average Bonchev–Trinajstić information content (AvgIpc) is 3.34. The van der Waals surface area contributed by atoms with E-state index in [-0.39, 0.29) is 11.6 Å². The second-order valence-corrected chi connectivity index (χ2v) is 9.02. The summed E-state index contributed by atoms with van der Waals surface area (Å²) in [7, 11) is 6.11. The molecule has 4 aromatic rings. The summed E-state index contributed by atoms with van der Waals surface area (Å²) < 4.78 is 17.8. The summed E-state index contributed by atoms with van der Waals surface area (Å²) in [6.07, 6.45) is 7.53. The lowest BCUT2D eigenvalue weighted by atomic mass is 10.0. The van der Waals surface area contributed by atoms with Gasteiger partial charge < -0.3 is 19.5 Å². The van der Waals surface area contributed by atoms with Gasteiger partial charge in [-0.2, -0.15) is 5.10 Å². The van der Waals surface area contributed by atoms with Gasteiger partial charge in [0, 0.05) is 61.9 Å². The summed E-state index contributed by atoms with van der Waals surface area (Å²) in [5.74, 6) is -0.812. The number of carbonyl (C=O) groups is 1. The lowest BCUT2D eigenvalue weighted by Gasteiger charge is -2.36. The zero-order valence-electron chi connectivity index (χ0n) is 19.3. The number of nitrogens with one attached hydrogen (secondary N) is 1. The van der Waals surface area contributed by atoms with Crippen molar-refractivity contribution in [2.45, 2.75) is 25.8 Å². The van der Waals surface area contributed by atoms with E-state index in [9.17, 15) is 9.18 Å². The number of pyridine rings is 1. The van der Waals surface area contributed by atoms with Gasteiger partial charge in [-0.3, -0.25) is 9.48 Å². The zero-order chi connectivity index (χ0) is 23.3. The van der Waals surface area contributed by atoms with Gasteiger partial charge >= 0.3 is 0 Å². The van der Waals surface area contributed by atoms with Crippen molar-refractivity contribution in [1.29, 1.82) is 0 Å². The van der Waals surface area contributed by atoms with Gasteiger partial charge in [0.15, 0.2) is 11.5 Å². The van der Waals surface area contributed by atoms with Crippen molar-refractivity contribution < 1.29 is 9.18 Å². The first-order valence-electron chi connectivity index (χ1n) is 11.1. The molecule has 9 heteroatoms. The van der Waals surface area contributed by atoms with Crippen LogP contribution in [0.4, 0.5) is 15.8 Å². The summed E-state index contributed by atoms with van der Waals surface area (Å²) in [5, 5.41) is 8.34. The minimum Gasteiger partial charge on any atom is -0.371 e. The summed E-state index contributed by atoms with van der Waals surface area (Å²) in [6.45, 7) is 3.72. The zero-order valence-corrected chi connectivity index (χ0v) is 19.3. The molecule has 0 aliphatic carbocycles.